The number of amides is 1. The van der Waals surface area contributed by atoms with Gasteiger partial charge in [0.25, 0.3) is 11.6 Å². The van der Waals surface area contributed by atoms with Crippen molar-refractivity contribution in [1.82, 2.24) is 5.32 Å². The molecule has 3 rings (SSSR count). The zero-order valence-corrected chi connectivity index (χ0v) is 13.5. The number of nitrogens with one attached hydrogen (secondary N) is 1. The first-order valence-electron chi connectivity index (χ1n) is 7.14. The smallest absolute Gasteiger partial charge is 0.293 e. The van der Waals surface area contributed by atoms with Crippen molar-refractivity contribution in [3.63, 3.8) is 0 Å². The Morgan fingerprint density at radius 1 is 1.17 bits per heavy atom. The average molecular weight is 339 g/mol. The Kier molecular flexibility index (Phi) is 4.09. The Balaban J connectivity index is 1.98. The summed E-state index contributed by atoms with van der Waals surface area (Å²) in [7, 11) is 0. The van der Waals surface area contributed by atoms with Gasteiger partial charge in [0.05, 0.1) is 4.92 Å². The molecule has 0 spiro atoms. The predicted octanol–water partition coefficient (Wildman–Crippen LogP) is 3.17. The van der Waals surface area contributed by atoms with Crippen LogP contribution < -0.4 is 10.2 Å². The van der Waals surface area contributed by atoms with Crippen molar-refractivity contribution in [2.24, 2.45) is 0 Å². The number of nitro benzene ring substituents is 1. The Hall–Kier alpha value is -3.06. The highest BCUT2D eigenvalue weighted by Gasteiger charge is 2.35. The summed E-state index contributed by atoms with van der Waals surface area (Å²) in [6.07, 6.45) is 1.67. The molecule has 2 aromatic rings. The van der Waals surface area contributed by atoms with Gasteiger partial charge in [-0.1, -0.05) is 42.0 Å². The number of benzene rings is 2. The van der Waals surface area contributed by atoms with Gasteiger partial charge in [-0.15, -0.1) is 0 Å². The normalized spacial score (nSPS) is 15.7. The van der Waals surface area contributed by atoms with Gasteiger partial charge >= 0.3 is 0 Å². The molecule has 1 amide bonds. The zero-order chi connectivity index (χ0) is 17.3. The maximum absolute atomic E-state index is 12.6. The molecule has 6 nitrogen and oxygen atoms in total. The van der Waals surface area contributed by atoms with Crippen molar-refractivity contribution in [3.05, 3.63) is 75.5 Å². The molecule has 0 aromatic heterocycles. The number of carbonyl (C=O) groups is 1. The van der Waals surface area contributed by atoms with Crippen molar-refractivity contribution in [3.8, 4) is 0 Å². The van der Waals surface area contributed by atoms with E-state index in [1.165, 1.54) is 12.1 Å². The second-order valence-corrected chi connectivity index (χ2v) is 5.67. The van der Waals surface area contributed by atoms with E-state index in [9.17, 15) is 14.9 Å². The van der Waals surface area contributed by atoms with Crippen LogP contribution in [0, 0.1) is 17.0 Å². The molecule has 1 N–H and O–H groups in total. The molecular formula is C17H13N3O3S. The molecule has 120 valence electrons. The summed E-state index contributed by atoms with van der Waals surface area (Å²) in [6, 6.07) is 13.6. The number of nitrogens with zero attached hydrogens (tertiary/aromatic N) is 2. The summed E-state index contributed by atoms with van der Waals surface area (Å²) in [5.41, 5.74) is 2.20. The molecule has 1 heterocycles. The number of rotatable bonds is 3. The molecule has 1 aliphatic heterocycles. The minimum absolute atomic E-state index is 0.118. The number of hydrogen-bond donors (Lipinski definition) is 1. The number of anilines is 1. The van der Waals surface area contributed by atoms with Gasteiger partial charge in [0.15, 0.2) is 5.11 Å². The number of hydrogen-bond acceptors (Lipinski definition) is 4. The Morgan fingerprint density at radius 2 is 1.83 bits per heavy atom. The van der Waals surface area contributed by atoms with E-state index in [0.29, 0.717) is 0 Å². The second kappa shape index (κ2) is 6.21. The van der Waals surface area contributed by atoms with Crippen molar-refractivity contribution < 1.29 is 9.72 Å². The third-order valence-corrected chi connectivity index (χ3v) is 3.87. The molecule has 24 heavy (non-hydrogen) atoms. The van der Waals surface area contributed by atoms with Crippen LogP contribution in [0.2, 0.25) is 0 Å². The summed E-state index contributed by atoms with van der Waals surface area (Å²) in [5.74, 6) is -0.421. The van der Waals surface area contributed by atoms with Crippen LogP contribution in [0.1, 0.15) is 11.1 Å². The van der Waals surface area contributed by atoms with E-state index in [1.807, 2.05) is 31.2 Å². The van der Waals surface area contributed by atoms with Crippen molar-refractivity contribution in [2.75, 3.05) is 4.90 Å². The van der Waals surface area contributed by atoms with Gasteiger partial charge in [0.1, 0.15) is 11.4 Å². The summed E-state index contributed by atoms with van der Waals surface area (Å²) >= 11 is 5.19. The van der Waals surface area contributed by atoms with Gasteiger partial charge in [0, 0.05) is 6.07 Å². The Bertz CT molecular complexity index is 875. The van der Waals surface area contributed by atoms with E-state index in [2.05, 4.69) is 5.32 Å². The number of para-hydroxylation sites is 2. The predicted molar refractivity (Wildman–Crippen MR) is 95.5 cm³/mol. The highest BCUT2D eigenvalue weighted by atomic mass is 32.1. The van der Waals surface area contributed by atoms with Gasteiger partial charge in [0.2, 0.25) is 0 Å². The van der Waals surface area contributed by atoms with Gasteiger partial charge < -0.3 is 5.32 Å². The lowest BCUT2D eigenvalue weighted by atomic mass is 10.1. The maximum Gasteiger partial charge on any atom is 0.293 e. The zero-order valence-electron chi connectivity index (χ0n) is 12.7. The lowest BCUT2D eigenvalue weighted by Gasteiger charge is -2.13. The SMILES string of the molecule is Cc1ccc(/C=C2\NC(=S)N(c3ccccc3[N+](=O)[O-])C2=O)cc1. The second-order valence-electron chi connectivity index (χ2n) is 5.29. The fraction of sp³-hybridized carbons (Fsp3) is 0.0588. The van der Waals surface area contributed by atoms with Crippen molar-refractivity contribution in [2.45, 2.75) is 6.92 Å². The van der Waals surface area contributed by atoms with Crippen LogP contribution in [0.3, 0.4) is 0 Å². The standard InChI is InChI=1S/C17H13N3O3S/c1-11-6-8-12(9-7-11)10-13-16(21)19(17(24)18-13)14-4-2-3-5-15(14)20(22)23/h2-10H,1H3,(H,18,24)/b13-10-. The van der Waals surface area contributed by atoms with E-state index >= 15 is 0 Å². The average Bonchev–Trinajstić information content (AvgIpc) is 2.83. The molecule has 0 aliphatic carbocycles. The van der Waals surface area contributed by atoms with Crippen molar-refractivity contribution in [1.29, 1.82) is 0 Å². The van der Waals surface area contributed by atoms with Gasteiger partial charge in [-0.25, -0.2) is 4.90 Å². The first-order valence-corrected chi connectivity index (χ1v) is 7.55. The number of aryl methyl sites for hydroxylation is 1. The van der Waals surface area contributed by atoms with Gasteiger partial charge in [-0.3, -0.25) is 14.9 Å². The molecule has 0 atom stereocenters. The number of nitro groups is 1. The summed E-state index contributed by atoms with van der Waals surface area (Å²) in [6.45, 7) is 1.97. The third-order valence-electron chi connectivity index (χ3n) is 3.59. The Morgan fingerprint density at radius 3 is 2.50 bits per heavy atom. The van der Waals surface area contributed by atoms with Crippen LogP contribution in [-0.2, 0) is 4.79 Å². The van der Waals surface area contributed by atoms with Crippen LogP contribution in [0.4, 0.5) is 11.4 Å². The number of carbonyl (C=O) groups excluding carboxylic acids is 1. The van der Waals surface area contributed by atoms with Crippen molar-refractivity contribution >= 4 is 40.7 Å². The fourth-order valence-electron chi connectivity index (χ4n) is 2.39. The van der Waals surface area contributed by atoms with Crippen LogP contribution in [0.5, 0.6) is 0 Å². The maximum atomic E-state index is 12.6. The first kappa shape index (κ1) is 15.8. The van der Waals surface area contributed by atoms with Crippen LogP contribution in [0.15, 0.2) is 54.2 Å². The fourth-order valence-corrected chi connectivity index (χ4v) is 2.68. The van der Waals surface area contributed by atoms with E-state index in [-0.39, 0.29) is 22.2 Å². The molecule has 0 bridgehead atoms. The molecule has 0 radical (unpaired) electrons. The van der Waals surface area contributed by atoms with E-state index in [4.69, 9.17) is 12.2 Å². The molecule has 0 saturated carbocycles. The van der Waals surface area contributed by atoms with Gasteiger partial charge in [-0.2, -0.15) is 0 Å². The molecule has 1 aliphatic rings. The lowest BCUT2D eigenvalue weighted by molar-refractivity contribution is -0.384. The minimum atomic E-state index is -0.535. The Labute approximate surface area is 143 Å². The van der Waals surface area contributed by atoms with E-state index in [0.717, 1.165) is 16.0 Å². The number of thiocarbonyl (C=S) groups is 1. The highest BCUT2D eigenvalue weighted by Crippen LogP contribution is 2.31. The summed E-state index contributed by atoms with van der Waals surface area (Å²) < 4.78 is 0. The van der Waals surface area contributed by atoms with Gasteiger partial charge in [-0.05, 0) is 36.8 Å². The molecule has 1 fully saturated rings. The summed E-state index contributed by atoms with van der Waals surface area (Å²) in [4.78, 5) is 24.4. The van der Waals surface area contributed by atoms with Crippen LogP contribution in [0.25, 0.3) is 6.08 Å². The molecule has 0 unspecified atom stereocenters. The van der Waals surface area contributed by atoms with E-state index in [1.54, 1.807) is 18.2 Å². The third kappa shape index (κ3) is 2.89. The topological polar surface area (TPSA) is 75.5 Å². The lowest BCUT2D eigenvalue weighted by Crippen LogP contribution is -2.30. The molecular weight excluding hydrogens is 326 g/mol. The highest BCUT2D eigenvalue weighted by molar-refractivity contribution is 7.80. The first-order chi connectivity index (χ1) is 11.5. The van der Waals surface area contributed by atoms with E-state index < -0.39 is 10.8 Å². The minimum Gasteiger partial charge on any atom is -0.327 e. The molecule has 7 heteroatoms. The van der Waals surface area contributed by atoms with Crippen LogP contribution >= 0.6 is 12.2 Å². The van der Waals surface area contributed by atoms with Crippen LogP contribution in [-0.4, -0.2) is 15.9 Å². The quantitative estimate of drug-likeness (QED) is 0.402. The largest absolute Gasteiger partial charge is 0.327 e. The summed E-state index contributed by atoms with van der Waals surface area (Å²) in [5, 5.41) is 14.1. The molecule has 1 saturated heterocycles. The molecule has 2 aromatic carbocycles. The monoisotopic (exact) mass is 339 g/mol.